The lowest BCUT2D eigenvalue weighted by Gasteiger charge is -2.34. The minimum Gasteiger partial charge on any atom is -0.352 e. The zero-order chi connectivity index (χ0) is 28.7. The Morgan fingerprint density at radius 1 is 0.923 bits per heavy atom. The van der Waals surface area contributed by atoms with Crippen molar-refractivity contribution in [2.24, 2.45) is 0 Å². The highest BCUT2D eigenvalue weighted by Crippen LogP contribution is 2.23. The van der Waals surface area contributed by atoms with E-state index >= 15 is 0 Å². The Bertz CT molecular complexity index is 1420. The molecule has 0 saturated heterocycles. The van der Waals surface area contributed by atoms with Gasteiger partial charge in [0.15, 0.2) is 11.6 Å². The topological polar surface area (TPSA) is 86.8 Å². The van der Waals surface area contributed by atoms with E-state index in [0.717, 1.165) is 34.5 Å². The van der Waals surface area contributed by atoms with E-state index in [-0.39, 0.29) is 24.7 Å². The first-order chi connectivity index (χ1) is 18.3. The molecule has 0 heterocycles. The Kier molecular flexibility index (Phi) is 10.2. The number of halogens is 3. The highest BCUT2D eigenvalue weighted by molar-refractivity contribution is 9.10. The highest BCUT2D eigenvalue weighted by atomic mass is 79.9. The van der Waals surface area contributed by atoms with E-state index in [9.17, 15) is 26.8 Å². The van der Waals surface area contributed by atoms with Crippen LogP contribution in [0.4, 0.5) is 14.5 Å². The van der Waals surface area contributed by atoms with E-state index in [2.05, 4.69) is 21.2 Å². The summed E-state index contributed by atoms with van der Waals surface area (Å²) in [6.45, 7) is 2.87. The highest BCUT2D eigenvalue weighted by Gasteiger charge is 2.33. The Hall–Kier alpha value is -3.31. The molecule has 0 aliphatic rings. The maximum Gasteiger partial charge on any atom is 0.244 e. The molecule has 0 unspecified atom stereocenters. The van der Waals surface area contributed by atoms with Crippen molar-refractivity contribution in [1.82, 2.24) is 10.2 Å². The largest absolute Gasteiger partial charge is 0.352 e. The molecule has 0 fully saturated rings. The van der Waals surface area contributed by atoms with Gasteiger partial charge in [0.1, 0.15) is 12.6 Å². The van der Waals surface area contributed by atoms with Crippen LogP contribution in [0.2, 0.25) is 0 Å². The van der Waals surface area contributed by atoms with Crippen LogP contribution >= 0.6 is 15.9 Å². The van der Waals surface area contributed by atoms with E-state index < -0.39 is 46.1 Å². The molecule has 7 nitrogen and oxygen atoms in total. The Labute approximate surface area is 236 Å². The molecule has 39 heavy (non-hydrogen) atoms. The van der Waals surface area contributed by atoms with Gasteiger partial charge in [-0.25, -0.2) is 17.2 Å². The second kappa shape index (κ2) is 13.2. The Morgan fingerprint density at radius 3 is 2.18 bits per heavy atom. The van der Waals surface area contributed by atoms with Crippen LogP contribution in [0.1, 0.15) is 25.0 Å². The van der Waals surface area contributed by atoms with Crippen LogP contribution < -0.4 is 9.62 Å². The van der Waals surface area contributed by atoms with Crippen LogP contribution in [0.3, 0.4) is 0 Å². The van der Waals surface area contributed by atoms with Crippen molar-refractivity contribution < 1.29 is 26.8 Å². The van der Waals surface area contributed by atoms with Crippen molar-refractivity contribution in [3.63, 3.8) is 0 Å². The third-order valence-corrected chi connectivity index (χ3v) is 7.45. The van der Waals surface area contributed by atoms with E-state index in [1.165, 1.54) is 4.90 Å². The number of carbonyl (C=O) groups excluding carboxylic acids is 2. The molecule has 11 heteroatoms. The Morgan fingerprint density at radius 2 is 1.59 bits per heavy atom. The van der Waals surface area contributed by atoms with Crippen LogP contribution in [-0.2, 0) is 32.6 Å². The number of sulfonamides is 1. The third-order valence-electron chi connectivity index (χ3n) is 5.81. The molecule has 0 saturated carbocycles. The van der Waals surface area contributed by atoms with Crippen LogP contribution in [-0.4, -0.2) is 50.0 Å². The van der Waals surface area contributed by atoms with Gasteiger partial charge in [0.05, 0.1) is 11.9 Å². The molecule has 3 aromatic carbocycles. The van der Waals surface area contributed by atoms with Gasteiger partial charge in [-0.2, -0.15) is 0 Å². The second-order valence-electron chi connectivity index (χ2n) is 9.39. The number of hydrogen-bond acceptors (Lipinski definition) is 4. The van der Waals surface area contributed by atoms with Crippen LogP contribution in [0.15, 0.2) is 77.3 Å². The third kappa shape index (κ3) is 8.59. The fourth-order valence-electron chi connectivity index (χ4n) is 4.02. The van der Waals surface area contributed by atoms with Crippen molar-refractivity contribution in [2.75, 3.05) is 17.1 Å². The number of rotatable bonds is 11. The average molecular weight is 623 g/mol. The van der Waals surface area contributed by atoms with Crippen molar-refractivity contribution in [2.45, 2.75) is 38.9 Å². The van der Waals surface area contributed by atoms with Gasteiger partial charge < -0.3 is 10.2 Å². The van der Waals surface area contributed by atoms with Crippen molar-refractivity contribution in [3.8, 4) is 0 Å². The van der Waals surface area contributed by atoms with E-state index in [1.54, 1.807) is 32.0 Å². The molecular weight excluding hydrogens is 592 g/mol. The van der Waals surface area contributed by atoms with E-state index in [4.69, 9.17) is 0 Å². The monoisotopic (exact) mass is 621 g/mol. The summed E-state index contributed by atoms with van der Waals surface area (Å²) in [6.07, 6.45) is 1.04. The van der Waals surface area contributed by atoms with Gasteiger partial charge in [-0.3, -0.25) is 13.9 Å². The van der Waals surface area contributed by atoms with Gasteiger partial charge >= 0.3 is 0 Å². The number of nitrogens with one attached hydrogen (secondary N) is 1. The zero-order valence-electron chi connectivity index (χ0n) is 21.8. The summed E-state index contributed by atoms with van der Waals surface area (Å²) in [4.78, 5) is 28.7. The molecule has 0 aliphatic heterocycles. The number of carbonyl (C=O) groups is 2. The second-order valence-corrected chi connectivity index (χ2v) is 12.2. The molecule has 3 aromatic rings. The predicted octanol–water partition coefficient (Wildman–Crippen LogP) is 4.66. The lowest BCUT2D eigenvalue weighted by molar-refractivity contribution is -0.140. The van der Waals surface area contributed by atoms with Gasteiger partial charge in [-0.05, 0) is 49.2 Å². The molecule has 208 valence electrons. The summed E-state index contributed by atoms with van der Waals surface area (Å²) in [6, 6.07) is 17.7. The van der Waals surface area contributed by atoms with Gasteiger partial charge in [0.2, 0.25) is 21.8 Å². The van der Waals surface area contributed by atoms with E-state index in [0.29, 0.717) is 9.87 Å². The van der Waals surface area contributed by atoms with Gasteiger partial charge in [-0.1, -0.05) is 58.4 Å². The minimum atomic E-state index is -4.09. The molecule has 1 N–H and O–H groups in total. The van der Waals surface area contributed by atoms with E-state index in [1.807, 2.05) is 36.4 Å². The number of nitrogens with zero attached hydrogens (tertiary/aromatic N) is 2. The van der Waals surface area contributed by atoms with Crippen molar-refractivity contribution in [3.05, 3.63) is 100 Å². The fourth-order valence-corrected chi connectivity index (χ4v) is 5.31. The molecule has 0 spiro atoms. The normalized spacial score (nSPS) is 12.2. The van der Waals surface area contributed by atoms with Crippen molar-refractivity contribution >= 4 is 43.5 Å². The minimum absolute atomic E-state index is 0.00330. The summed E-state index contributed by atoms with van der Waals surface area (Å²) >= 11 is 3.41. The van der Waals surface area contributed by atoms with Gasteiger partial charge in [-0.15, -0.1) is 0 Å². The quantitative estimate of drug-likeness (QED) is 0.337. The summed E-state index contributed by atoms with van der Waals surface area (Å²) in [5.41, 5.74) is 1.29. The fraction of sp³-hybridized carbons (Fsp3) is 0.286. The molecule has 0 aromatic heterocycles. The lowest BCUT2D eigenvalue weighted by Crippen LogP contribution is -2.54. The number of amides is 2. The van der Waals surface area contributed by atoms with Crippen molar-refractivity contribution in [1.29, 1.82) is 0 Å². The summed E-state index contributed by atoms with van der Waals surface area (Å²) in [5, 5.41) is 2.86. The Balaban J connectivity index is 2.07. The maximum absolute atomic E-state index is 14.0. The predicted molar refractivity (Wildman–Crippen MR) is 150 cm³/mol. The molecule has 0 aliphatic carbocycles. The van der Waals surface area contributed by atoms with Gasteiger partial charge in [0, 0.05) is 29.5 Å². The summed E-state index contributed by atoms with van der Waals surface area (Å²) < 4.78 is 54.4. The number of hydrogen-bond donors (Lipinski definition) is 1. The lowest BCUT2D eigenvalue weighted by atomic mass is 10.0. The van der Waals surface area contributed by atoms with Gasteiger partial charge in [0.25, 0.3) is 0 Å². The summed E-state index contributed by atoms with van der Waals surface area (Å²) in [7, 11) is -4.09. The molecule has 2 amide bonds. The molecule has 3 rings (SSSR count). The smallest absolute Gasteiger partial charge is 0.244 e. The zero-order valence-corrected chi connectivity index (χ0v) is 24.2. The molecule has 0 radical (unpaired) electrons. The standard InChI is InChI=1S/C28H30BrF2N3O4S/c1-19(2)32-28(36)26(15-20-8-5-4-6-9-20)33(17-21-10-7-11-22(29)14-21)27(35)18-34(39(3,37)38)23-12-13-24(30)25(31)16-23/h4-14,16,19,26H,15,17-18H2,1-3H3,(H,32,36)/t26-/m0/s1. The first-order valence-corrected chi connectivity index (χ1v) is 14.8. The number of anilines is 1. The summed E-state index contributed by atoms with van der Waals surface area (Å²) in [5.74, 6) is -3.50. The number of benzene rings is 3. The maximum atomic E-state index is 14.0. The molecule has 1 atom stereocenters. The molecule has 0 bridgehead atoms. The SMILES string of the molecule is CC(C)NC(=O)[C@H](Cc1ccccc1)N(Cc1cccc(Br)c1)C(=O)CN(c1ccc(F)c(F)c1)S(C)(=O)=O. The first-order valence-electron chi connectivity index (χ1n) is 12.2. The average Bonchev–Trinajstić information content (AvgIpc) is 2.86. The van der Waals surface area contributed by atoms with Crippen LogP contribution in [0.5, 0.6) is 0 Å². The van der Waals surface area contributed by atoms with Crippen LogP contribution in [0.25, 0.3) is 0 Å². The first kappa shape index (κ1) is 30.2. The molecular formula is C28H30BrF2N3O4S. The van der Waals surface area contributed by atoms with Crippen LogP contribution in [0, 0.1) is 11.6 Å².